The normalized spacial score (nSPS) is 17.6. The van der Waals surface area contributed by atoms with Crippen LogP contribution in [-0.4, -0.2) is 21.1 Å². The first-order chi connectivity index (χ1) is 13.6. The number of anilines is 1. The first kappa shape index (κ1) is 17.2. The Hall–Kier alpha value is -2.95. The predicted molar refractivity (Wildman–Crippen MR) is 110 cm³/mol. The number of nitrogens with zero attached hydrogens (tertiary/aromatic N) is 2. The van der Waals surface area contributed by atoms with Gasteiger partial charge in [0.25, 0.3) is 0 Å². The number of hydrogen-bond donors (Lipinski definition) is 2. The van der Waals surface area contributed by atoms with E-state index in [9.17, 15) is 4.79 Å². The summed E-state index contributed by atoms with van der Waals surface area (Å²) in [6.07, 6.45) is 5.42. The van der Waals surface area contributed by atoms with Crippen molar-refractivity contribution in [2.75, 3.05) is 5.32 Å². The lowest BCUT2D eigenvalue weighted by atomic mass is 9.70. The molecule has 142 valence electrons. The highest BCUT2D eigenvalue weighted by Crippen LogP contribution is 2.48. The van der Waals surface area contributed by atoms with Crippen molar-refractivity contribution in [2.24, 2.45) is 0 Å². The van der Waals surface area contributed by atoms with Gasteiger partial charge in [0.1, 0.15) is 5.82 Å². The lowest BCUT2D eigenvalue weighted by Crippen LogP contribution is -2.36. The maximum absolute atomic E-state index is 12.8. The van der Waals surface area contributed by atoms with E-state index in [1.54, 1.807) is 0 Å². The van der Waals surface area contributed by atoms with Crippen molar-refractivity contribution in [2.45, 2.75) is 51.4 Å². The van der Waals surface area contributed by atoms with E-state index in [1.165, 1.54) is 17.5 Å². The number of aryl methyl sites for hydroxylation is 2. The molecule has 0 bridgehead atoms. The summed E-state index contributed by atoms with van der Waals surface area (Å²) in [4.78, 5) is 17.3. The van der Waals surface area contributed by atoms with Crippen molar-refractivity contribution in [1.82, 2.24) is 15.2 Å². The number of nitrogens with one attached hydrogen (secondary N) is 2. The van der Waals surface area contributed by atoms with Crippen LogP contribution in [0.3, 0.4) is 0 Å². The fourth-order valence-corrected chi connectivity index (χ4v) is 4.79. The molecule has 2 aromatic carbocycles. The molecule has 1 spiro atoms. The Kier molecular flexibility index (Phi) is 3.86. The molecule has 1 fully saturated rings. The van der Waals surface area contributed by atoms with Crippen LogP contribution in [0.4, 0.5) is 5.69 Å². The van der Waals surface area contributed by atoms with Crippen LogP contribution >= 0.6 is 0 Å². The van der Waals surface area contributed by atoms with Gasteiger partial charge in [-0.1, -0.05) is 43.5 Å². The second kappa shape index (κ2) is 6.30. The van der Waals surface area contributed by atoms with Crippen LogP contribution in [-0.2, 0) is 10.2 Å². The van der Waals surface area contributed by atoms with Gasteiger partial charge in [-0.2, -0.15) is 5.10 Å². The monoisotopic (exact) mass is 372 g/mol. The standard InChI is InChI=1S/C23H24N4O/c1-14-6-7-17(21-24-15(2)26-27-21)12-18(14)16-8-9-19-20(13-16)25-22(28)23(19)10-4-3-5-11-23/h6-9,12-13H,3-5,10-11H2,1-2H3,(H,25,28)(H,24,26,27). The minimum Gasteiger partial charge on any atom is -0.325 e. The molecule has 0 saturated heterocycles. The van der Waals surface area contributed by atoms with Crippen LogP contribution in [0.25, 0.3) is 22.5 Å². The Balaban J connectivity index is 1.57. The number of hydrogen-bond acceptors (Lipinski definition) is 3. The number of carbonyl (C=O) groups excluding carboxylic acids is 1. The number of benzene rings is 2. The quantitative estimate of drug-likeness (QED) is 0.671. The molecular weight excluding hydrogens is 348 g/mol. The van der Waals surface area contributed by atoms with Gasteiger partial charge in [-0.05, 0) is 61.1 Å². The summed E-state index contributed by atoms with van der Waals surface area (Å²) in [5, 5.41) is 10.4. The zero-order valence-corrected chi connectivity index (χ0v) is 16.3. The minimum absolute atomic E-state index is 0.182. The van der Waals surface area contributed by atoms with Crippen LogP contribution in [0.1, 0.15) is 49.1 Å². The highest BCUT2D eigenvalue weighted by Gasteiger charge is 2.46. The Bertz CT molecular complexity index is 1080. The second-order valence-electron chi connectivity index (χ2n) is 8.13. The van der Waals surface area contributed by atoms with E-state index in [0.717, 1.165) is 53.9 Å². The van der Waals surface area contributed by atoms with Gasteiger partial charge in [0.2, 0.25) is 5.91 Å². The average Bonchev–Trinajstić information content (AvgIpc) is 3.25. The Labute approximate surface area is 164 Å². The van der Waals surface area contributed by atoms with E-state index in [1.807, 2.05) is 13.0 Å². The number of rotatable bonds is 2. The Morgan fingerprint density at radius 3 is 2.50 bits per heavy atom. The number of aromatic nitrogens is 3. The van der Waals surface area contributed by atoms with Gasteiger partial charge in [0, 0.05) is 11.3 Å². The van der Waals surface area contributed by atoms with Crippen LogP contribution < -0.4 is 5.32 Å². The van der Waals surface area contributed by atoms with Crippen molar-refractivity contribution in [3.05, 3.63) is 53.3 Å². The summed E-state index contributed by atoms with van der Waals surface area (Å²) in [6.45, 7) is 4.01. The van der Waals surface area contributed by atoms with E-state index in [2.05, 4.69) is 57.8 Å². The first-order valence-corrected chi connectivity index (χ1v) is 10.0. The van der Waals surface area contributed by atoms with E-state index >= 15 is 0 Å². The summed E-state index contributed by atoms with van der Waals surface area (Å²) in [7, 11) is 0. The number of carbonyl (C=O) groups is 1. The fourth-order valence-electron chi connectivity index (χ4n) is 4.79. The summed E-state index contributed by atoms with van der Waals surface area (Å²) in [6, 6.07) is 12.7. The molecule has 28 heavy (non-hydrogen) atoms. The predicted octanol–water partition coefficient (Wildman–Crippen LogP) is 4.91. The Morgan fingerprint density at radius 2 is 1.75 bits per heavy atom. The van der Waals surface area contributed by atoms with Gasteiger partial charge in [-0.3, -0.25) is 9.89 Å². The number of amides is 1. The maximum Gasteiger partial charge on any atom is 0.235 e. The zero-order valence-electron chi connectivity index (χ0n) is 16.3. The maximum atomic E-state index is 12.8. The molecule has 3 aromatic rings. The van der Waals surface area contributed by atoms with Gasteiger partial charge >= 0.3 is 0 Å². The summed E-state index contributed by atoms with van der Waals surface area (Å²) >= 11 is 0. The molecule has 5 heteroatoms. The zero-order chi connectivity index (χ0) is 19.3. The SMILES string of the molecule is Cc1nc(-c2ccc(C)c(-c3ccc4c(c3)NC(=O)C43CCCCC3)c2)n[nH]1. The Morgan fingerprint density at radius 1 is 0.964 bits per heavy atom. The smallest absolute Gasteiger partial charge is 0.235 e. The average molecular weight is 372 g/mol. The molecule has 1 aliphatic heterocycles. The fraction of sp³-hybridized carbons (Fsp3) is 0.348. The molecule has 5 nitrogen and oxygen atoms in total. The minimum atomic E-state index is -0.306. The molecule has 1 aliphatic carbocycles. The molecule has 0 radical (unpaired) electrons. The second-order valence-corrected chi connectivity index (χ2v) is 8.13. The third-order valence-corrected chi connectivity index (χ3v) is 6.33. The highest BCUT2D eigenvalue weighted by atomic mass is 16.2. The molecule has 2 N–H and O–H groups in total. The van der Waals surface area contributed by atoms with Crippen molar-refractivity contribution < 1.29 is 4.79 Å². The molecule has 1 aromatic heterocycles. The summed E-state index contributed by atoms with van der Waals surface area (Å²) < 4.78 is 0. The summed E-state index contributed by atoms with van der Waals surface area (Å²) in [5.41, 5.74) is 6.27. The third kappa shape index (κ3) is 2.57. The van der Waals surface area contributed by atoms with Crippen molar-refractivity contribution in [3.8, 4) is 22.5 Å². The van der Waals surface area contributed by atoms with Crippen molar-refractivity contribution >= 4 is 11.6 Å². The highest BCUT2D eigenvalue weighted by molar-refractivity contribution is 6.07. The van der Waals surface area contributed by atoms with E-state index in [4.69, 9.17) is 0 Å². The topological polar surface area (TPSA) is 70.7 Å². The molecular formula is C23H24N4O. The molecule has 1 amide bonds. The molecule has 0 unspecified atom stereocenters. The third-order valence-electron chi connectivity index (χ3n) is 6.33. The van der Waals surface area contributed by atoms with Gasteiger partial charge in [-0.15, -0.1) is 0 Å². The lowest BCUT2D eigenvalue weighted by molar-refractivity contribution is -0.121. The summed E-state index contributed by atoms with van der Waals surface area (Å²) in [5.74, 6) is 1.69. The number of fused-ring (bicyclic) bond motifs is 2. The van der Waals surface area contributed by atoms with Gasteiger partial charge in [0.05, 0.1) is 5.41 Å². The molecule has 5 rings (SSSR count). The first-order valence-electron chi connectivity index (χ1n) is 10.0. The van der Waals surface area contributed by atoms with Crippen LogP contribution in [0.2, 0.25) is 0 Å². The van der Waals surface area contributed by atoms with Gasteiger partial charge in [-0.25, -0.2) is 4.98 Å². The van der Waals surface area contributed by atoms with E-state index in [0.29, 0.717) is 5.82 Å². The van der Waals surface area contributed by atoms with Gasteiger partial charge in [0.15, 0.2) is 5.82 Å². The molecule has 2 heterocycles. The van der Waals surface area contributed by atoms with Gasteiger partial charge < -0.3 is 5.32 Å². The number of H-pyrrole nitrogens is 1. The van der Waals surface area contributed by atoms with Crippen molar-refractivity contribution in [3.63, 3.8) is 0 Å². The van der Waals surface area contributed by atoms with Crippen LogP contribution in [0.15, 0.2) is 36.4 Å². The van der Waals surface area contributed by atoms with Crippen LogP contribution in [0, 0.1) is 13.8 Å². The molecule has 0 atom stereocenters. The van der Waals surface area contributed by atoms with Crippen molar-refractivity contribution in [1.29, 1.82) is 0 Å². The van der Waals surface area contributed by atoms with E-state index < -0.39 is 0 Å². The lowest BCUT2D eigenvalue weighted by Gasteiger charge is -2.31. The number of aromatic amines is 1. The van der Waals surface area contributed by atoms with E-state index in [-0.39, 0.29) is 11.3 Å². The largest absolute Gasteiger partial charge is 0.325 e. The van der Waals surface area contributed by atoms with Crippen LogP contribution in [0.5, 0.6) is 0 Å². The molecule has 1 saturated carbocycles. The molecule has 2 aliphatic rings.